The minimum atomic E-state index is 0.273. The first-order chi connectivity index (χ1) is 9.63. The number of hydrogen-bond donors (Lipinski definition) is 1. The minimum absolute atomic E-state index is 0.273. The molecule has 2 aromatic rings. The number of halogens is 1. The number of rotatable bonds is 6. The summed E-state index contributed by atoms with van der Waals surface area (Å²) in [6.07, 6.45) is 3.54. The molecule has 1 heterocycles. The number of nitrogens with zero attached hydrogens (tertiary/aromatic N) is 2. The Morgan fingerprint density at radius 3 is 2.80 bits per heavy atom. The molecule has 2 rings (SSSR count). The number of aromatic nitrogens is 2. The lowest BCUT2D eigenvalue weighted by Crippen LogP contribution is -2.17. The molecule has 20 heavy (non-hydrogen) atoms. The second-order valence-corrected chi connectivity index (χ2v) is 5.01. The predicted molar refractivity (Wildman–Crippen MR) is 81.5 cm³/mol. The van der Waals surface area contributed by atoms with Crippen molar-refractivity contribution < 1.29 is 4.74 Å². The van der Waals surface area contributed by atoms with Crippen molar-refractivity contribution in [3.05, 3.63) is 41.2 Å². The van der Waals surface area contributed by atoms with Crippen molar-refractivity contribution in [2.45, 2.75) is 33.4 Å². The summed E-state index contributed by atoms with van der Waals surface area (Å²) < 4.78 is 7.56. The Bertz CT molecular complexity index is 568. The smallest absolute Gasteiger partial charge is 0.165 e. The molecule has 4 nitrogen and oxygen atoms in total. The lowest BCUT2D eigenvalue weighted by molar-refractivity contribution is 0.480. The van der Waals surface area contributed by atoms with Crippen molar-refractivity contribution >= 4 is 11.6 Å². The maximum Gasteiger partial charge on any atom is 0.165 e. The summed E-state index contributed by atoms with van der Waals surface area (Å²) in [5, 5.41) is 8.13. The summed E-state index contributed by atoms with van der Waals surface area (Å²) >= 11 is 6.28. The third kappa shape index (κ3) is 3.52. The highest BCUT2D eigenvalue weighted by atomic mass is 35.5. The van der Waals surface area contributed by atoms with Gasteiger partial charge in [0.15, 0.2) is 5.75 Å². The van der Waals surface area contributed by atoms with Gasteiger partial charge in [-0.05, 0) is 38.1 Å². The fraction of sp³-hybridized carbons (Fsp3) is 0.400. The van der Waals surface area contributed by atoms with Gasteiger partial charge in [-0.3, -0.25) is 4.68 Å². The van der Waals surface area contributed by atoms with Crippen molar-refractivity contribution in [2.24, 2.45) is 0 Å². The Labute approximate surface area is 124 Å². The molecule has 1 unspecified atom stereocenters. The molecule has 0 aliphatic heterocycles. The Kier molecular flexibility index (Phi) is 5.04. The van der Waals surface area contributed by atoms with Gasteiger partial charge in [-0.25, -0.2) is 0 Å². The molecule has 0 radical (unpaired) electrons. The molecular formula is C15H20ClN3O. The van der Waals surface area contributed by atoms with E-state index in [2.05, 4.69) is 24.3 Å². The van der Waals surface area contributed by atoms with E-state index in [1.807, 2.05) is 36.0 Å². The largest absolute Gasteiger partial charge is 0.452 e. The topological polar surface area (TPSA) is 39.1 Å². The standard InChI is InChI=1S/C15H20ClN3O/c1-4-17-11(3)12-6-7-15(14(16)8-12)20-13-9-18-19(5-2)10-13/h6-11,17H,4-5H2,1-3H3. The third-order valence-electron chi connectivity index (χ3n) is 3.13. The molecule has 1 aromatic heterocycles. The Morgan fingerprint density at radius 2 is 2.20 bits per heavy atom. The van der Waals surface area contributed by atoms with Gasteiger partial charge in [-0.15, -0.1) is 0 Å². The van der Waals surface area contributed by atoms with Crippen LogP contribution in [-0.4, -0.2) is 16.3 Å². The molecule has 0 saturated heterocycles. The van der Waals surface area contributed by atoms with Crippen LogP contribution in [0, 0.1) is 0 Å². The second-order valence-electron chi connectivity index (χ2n) is 4.60. The zero-order valence-electron chi connectivity index (χ0n) is 12.1. The van der Waals surface area contributed by atoms with Crippen molar-refractivity contribution in [3.63, 3.8) is 0 Å². The Morgan fingerprint density at radius 1 is 1.40 bits per heavy atom. The quantitative estimate of drug-likeness (QED) is 0.874. The Balaban J connectivity index is 2.13. The van der Waals surface area contributed by atoms with Crippen LogP contribution in [-0.2, 0) is 6.54 Å². The first kappa shape index (κ1) is 14.9. The maximum atomic E-state index is 6.28. The van der Waals surface area contributed by atoms with Gasteiger partial charge in [0.1, 0.15) is 5.75 Å². The van der Waals surface area contributed by atoms with E-state index in [0.29, 0.717) is 16.5 Å². The summed E-state index contributed by atoms with van der Waals surface area (Å²) in [6, 6.07) is 6.14. The summed E-state index contributed by atoms with van der Waals surface area (Å²) in [6.45, 7) is 7.96. The highest BCUT2D eigenvalue weighted by Gasteiger charge is 2.09. The average Bonchev–Trinajstić information content (AvgIpc) is 2.89. The summed E-state index contributed by atoms with van der Waals surface area (Å²) in [7, 11) is 0. The normalized spacial score (nSPS) is 12.4. The monoisotopic (exact) mass is 293 g/mol. The molecule has 5 heteroatoms. The van der Waals surface area contributed by atoms with Gasteiger partial charge in [0, 0.05) is 12.6 Å². The fourth-order valence-electron chi connectivity index (χ4n) is 1.99. The lowest BCUT2D eigenvalue weighted by Gasteiger charge is -2.14. The molecule has 0 amide bonds. The number of ether oxygens (including phenoxy) is 1. The predicted octanol–water partition coefficient (Wildman–Crippen LogP) is 4.02. The molecule has 0 fully saturated rings. The van der Waals surface area contributed by atoms with Crippen LogP contribution in [0.5, 0.6) is 11.5 Å². The van der Waals surface area contributed by atoms with Gasteiger partial charge in [-0.2, -0.15) is 5.10 Å². The van der Waals surface area contributed by atoms with Crippen molar-refractivity contribution in [1.29, 1.82) is 0 Å². The molecule has 0 aliphatic rings. The minimum Gasteiger partial charge on any atom is -0.452 e. The molecule has 0 spiro atoms. The Hall–Kier alpha value is -1.52. The number of aryl methyl sites for hydroxylation is 1. The van der Waals surface area contributed by atoms with Crippen LogP contribution in [0.25, 0.3) is 0 Å². The molecule has 0 bridgehead atoms. The molecule has 108 valence electrons. The van der Waals surface area contributed by atoms with Gasteiger partial charge in [-0.1, -0.05) is 24.6 Å². The van der Waals surface area contributed by atoms with Crippen molar-refractivity contribution in [3.8, 4) is 11.5 Å². The molecule has 0 aliphatic carbocycles. The summed E-state index contributed by atoms with van der Waals surface area (Å²) in [4.78, 5) is 0. The van der Waals surface area contributed by atoms with E-state index in [1.54, 1.807) is 6.20 Å². The number of benzene rings is 1. The molecule has 0 saturated carbocycles. The van der Waals surface area contributed by atoms with E-state index in [-0.39, 0.29) is 6.04 Å². The number of nitrogens with one attached hydrogen (secondary N) is 1. The van der Waals surface area contributed by atoms with E-state index >= 15 is 0 Å². The number of hydrogen-bond acceptors (Lipinski definition) is 3. The highest BCUT2D eigenvalue weighted by Crippen LogP contribution is 2.31. The fourth-order valence-corrected chi connectivity index (χ4v) is 2.22. The van der Waals surface area contributed by atoms with Gasteiger partial charge in [0.05, 0.1) is 17.4 Å². The van der Waals surface area contributed by atoms with E-state index in [1.165, 1.54) is 0 Å². The summed E-state index contributed by atoms with van der Waals surface area (Å²) in [5.41, 5.74) is 1.15. The first-order valence-corrected chi connectivity index (χ1v) is 7.25. The van der Waals surface area contributed by atoms with Crippen LogP contribution < -0.4 is 10.1 Å². The van der Waals surface area contributed by atoms with Gasteiger partial charge in [0.25, 0.3) is 0 Å². The molecule has 1 aromatic carbocycles. The van der Waals surface area contributed by atoms with Crippen LogP contribution in [0.15, 0.2) is 30.6 Å². The third-order valence-corrected chi connectivity index (χ3v) is 3.42. The van der Waals surface area contributed by atoms with Gasteiger partial charge in [0.2, 0.25) is 0 Å². The lowest BCUT2D eigenvalue weighted by atomic mass is 10.1. The molecular weight excluding hydrogens is 274 g/mol. The van der Waals surface area contributed by atoms with E-state index < -0.39 is 0 Å². The summed E-state index contributed by atoms with van der Waals surface area (Å²) in [5.74, 6) is 1.34. The van der Waals surface area contributed by atoms with Crippen LogP contribution in [0.1, 0.15) is 32.4 Å². The molecule has 1 N–H and O–H groups in total. The van der Waals surface area contributed by atoms with Crippen molar-refractivity contribution in [2.75, 3.05) is 6.54 Å². The van der Waals surface area contributed by atoms with E-state index in [9.17, 15) is 0 Å². The molecule has 1 atom stereocenters. The van der Waals surface area contributed by atoms with Crippen LogP contribution in [0.4, 0.5) is 0 Å². The van der Waals surface area contributed by atoms with Gasteiger partial charge < -0.3 is 10.1 Å². The van der Waals surface area contributed by atoms with Crippen LogP contribution >= 0.6 is 11.6 Å². The average molecular weight is 294 g/mol. The van der Waals surface area contributed by atoms with Crippen LogP contribution in [0.2, 0.25) is 5.02 Å². The van der Waals surface area contributed by atoms with E-state index in [4.69, 9.17) is 16.3 Å². The van der Waals surface area contributed by atoms with Gasteiger partial charge >= 0.3 is 0 Å². The maximum absolute atomic E-state index is 6.28. The zero-order chi connectivity index (χ0) is 14.5. The van der Waals surface area contributed by atoms with E-state index in [0.717, 1.165) is 18.7 Å². The first-order valence-electron chi connectivity index (χ1n) is 6.87. The second kappa shape index (κ2) is 6.77. The highest BCUT2D eigenvalue weighted by molar-refractivity contribution is 6.32. The van der Waals surface area contributed by atoms with Crippen LogP contribution in [0.3, 0.4) is 0 Å². The SMILES string of the molecule is CCNC(C)c1ccc(Oc2cnn(CC)c2)c(Cl)c1. The van der Waals surface area contributed by atoms with Crippen molar-refractivity contribution in [1.82, 2.24) is 15.1 Å². The zero-order valence-corrected chi connectivity index (χ0v) is 12.8.